The summed E-state index contributed by atoms with van der Waals surface area (Å²) in [5.41, 5.74) is 0.635. The van der Waals surface area contributed by atoms with Gasteiger partial charge in [0.1, 0.15) is 28.4 Å². The average molecular weight is 539 g/mol. The van der Waals surface area contributed by atoms with Crippen molar-refractivity contribution in [2.75, 3.05) is 32.0 Å². The first-order valence-corrected chi connectivity index (χ1v) is 13.9. The van der Waals surface area contributed by atoms with Crippen LogP contribution < -0.4 is 14.8 Å². The highest BCUT2D eigenvalue weighted by atomic mass is 16.5. The average Bonchev–Trinajstić information content (AvgIpc) is 3.76. The number of pyridine rings is 1. The summed E-state index contributed by atoms with van der Waals surface area (Å²) in [6, 6.07) is 19.8. The summed E-state index contributed by atoms with van der Waals surface area (Å²) in [4.78, 5) is 21.5. The predicted molar refractivity (Wildman–Crippen MR) is 155 cm³/mol. The molecule has 1 aliphatic carbocycles. The number of likely N-dealkylation sites (tertiary alicyclic amines) is 1. The van der Waals surface area contributed by atoms with E-state index in [1.165, 1.54) is 12.8 Å². The number of rotatable bonds is 10. The number of hydrogen-bond acceptors (Lipinski definition) is 7. The van der Waals surface area contributed by atoms with E-state index >= 15 is 0 Å². The van der Waals surface area contributed by atoms with Crippen LogP contribution in [0.25, 0.3) is 11.0 Å². The zero-order chi connectivity index (χ0) is 27.3. The molecule has 4 aromatic rings. The number of aromatic amines is 1. The first-order chi connectivity index (χ1) is 19.6. The third kappa shape index (κ3) is 6.26. The van der Waals surface area contributed by atoms with E-state index < -0.39 is 0 Å². The smallest absolute Gasteiger partial charge is 0.246 e. The van der Waals surface area contributed by atoms with Crippen LogP contribution in [0.15, 0.2) is 79.0 Å². The van der Waals surface area contributed by atoms with Gasteiger partial charge in [0.2, 0.25) is 5.91 Å². The minimum atomic E-state index is 0.0629. The molecule has 1 saturated heterocycles. The quantitative estimate of drug-likeness (QED) is 0.254. The number of aromatic nitrogens is 3. The summed E-state index contributed by atoms with van der Waals surface area (Å²) in [5, 5.41) is 11.8. The van der Waals surface area contributed by atoms with Crippen molar-refractivity contribution in [3.05, 3.63) is 79.0 Å². The fraction of sp³-hybridized carbons (Fsp3) is 0.323. The second-order valence-electron chi connectivity index (χ2n) is 10.4. The molecule has 6 rings (SSSR count). The molecule has 2 aromatic heterocycles. The summed E-state index contributed by atoms with van der Waals surface area (Å²) in [7, 11) is 2.11. The molecule has 0 spiro atoms. The zero-order valence-corrected chi connectivity index (χ0v) is 22.6. The van der Waals surface area contributed by atoms with Crippen LogP contribution in [0.2, 0.25) is 0 Å². The molecule has 9 heteroatoms. The summed E-state index contributed by atoms with van der Waals surface area (Å²) in [6.45, 7) is 2.19. The van der Waals surface area contributed by atoms with Crippen molar-refractivity contribution in [2.24, 2.45) is 0 Å². The van der Waals surface area contributed by atoms with Gasteiger partial charge in [-0.3, -0.25) is 14.8 Å². The second-order valence-corrected chi connectivity index (χ2v) is 10.4. The van der Waals surface area contributed by atoms with Crippen LogP contribution in [-0.2, 0) is 4.79 Å². The molecule has 1 aliphatic heterocycles. The van der Waals surface area contributed by atoms with Gasteiger partial charge in [-0.2, -0.15) is 5.10 Å². The number of para-hydroxylation sites is 1. The lowest BCUT2D eigenvalue weighted by Gasteiger charge is -2.32. The number of nitrogens with one attached hydrogen (secondary N) is 2. The molecule has 1 saturated carbocycles. The Hall–Kier alpha value is -4.37. The van der Waals surface area contributed by atoms with Crippen molar-refractivity contribution in [2.45, 2.75) is 37.8 Å². The Kier molecular flexibility index (Phi) is 7.63. The number of H-pyrrole nitrogens is 1. The first-order valence-electron chi connectivity index (χ1n) is 13.9. The van der Waals surface area contributed by atoms with Gasteiger partial charge in [0.25, 0.3) is 0 Å². The van der Waals surface area contributed by atoms with E-state index in [1.54, 1.807) is 12.3 Å². The number of hydrogen-bond donors (Lipinski definition) is 2. The molecule has 0 radical (unpaired) electrons. The van der Waals surface area contributed by atoms with E-state index in [-0.39, 0.29) is 11.9 Å². The molecule has 0 unspecified atom stereocenters. The van der Waals surface area contributed by atoms with Crippen molar-refractivity contribution >= 4 is 22.8 Å². The monoisotopic (exact) mass is 538 g/mol. The number of likely N-dealkylation sites (N-methyl/N-ethyl adjacent to an activating group) is 1. The Morgan fingerprint density at radius 1 is 1.05 bits per heavy atom. The Bertz CT molecular complexity index is 1470. The number of fused-ring (bicyclic) bond motifs is 1. The number of benzene rings is 2. The van der Waals surface area contributed by atoms with E-state index in [0.29, 0.717) is 35.6 Å². The number of anilines is 1. The number of carbonyl (C=O) groups is 1. The minimum absolute atomic E-state index is 0.0629. The van der Waals surface area contributed by atoms with Crippen LogP contribution in [-0.4, -0.2) is 69.7 Å². The standard InChI is InChI=1S/C31H34N6O3/c1-36(23-11-12-23)19-6-10-28(38)37-20-5-7-22(21-37)33-31-29-27(17-18-32-30(29)34-35-31)40-26-15-13-25(14-16-26)39-24-8-3-2-4-9-24/h2-4,6,8-10,13-18,22-23H,5,7,11-12,19-21H2,1H3,(H2,32,33,34,35)/b10-6+/t22-/m1/s1. The lowest BCUT2D eigenvalue weighted by atomic mass is 10.1. The number of amides is 1. The van der Waals surface area contributed by atoms with E-state index in [9.17, 15) is 4.79 Å². The van der Waals surface area contributed by atoms with Crippen LogP contribution in [0.4, 0.5) is 5.82 Å². The second kappa shape index (κ2) is 11.8. The molecular weight excluding hydrogens is 504 g/mol. The highest BCUT2D eigenvalue weighted by Crippen LogP contribution is 2.34. The van der Waals surface area contributed by atoms with Gasteiger partial charge >= 0.3 is 0 Å². The van der Waals surface area contributed by atoms with Gasteiger partial charge in [-0.25, -0.2) is 4.98 Å². The normalized spacial score (nSPS) is 17.4. The summed E-state index contributed by atoms with van der Waals surface area (Å²) in [5.74, 6) is 3.56. The maximum Gasteiger partial charge on any atom is 0.246 e. The Morgan fingerprint density at radius 2 is 1.80 bits per heavy atom. The maximum absolute atomic E-state index is 12.8. The molecule has 2 N–H and O–H groups in total. The summed E-state index contributed by atoms with van der Waals surface area (Å²) >= 11 is 0. The summed E-state index contributed by atoms with van der Waals surface area (Å²) < 4.78 is 12.1. The van der Waals surface area contributed by atoms with E-state index in [4.69, 9.17) is 9.47 Å². The van der Waals surface area contributed by atoms with E-state index in [0.717, 1.165) is 42.8 Å². The highest BCUT2D eigenvalue weighted by molar-refractivity contribution is 5.93. The molecule has 2 aromatic carbocycles. The van der Waals surface area contributed by atoms with Gasteiger partial charge in [-0.1, -0.05) is 24.3 Å². The van der Waals surface area contributed by atoms with Crippen LogP contribution in [0, 0.1) is 0 Å². The molecule has 2 aliphatic rings. The molecule has 40 heavy (non-hydrogen) atoms. The van der Waals surface area contributed by atoms with Crippen LogP contribution >= 0.6 is 0 Å². The van der Waals surface area contributed by atoms with Gasteiger partial charge in [-0.05, 0) is 69.1 Å². The van der Waals surface area contributed by atoms with Crippen molar-refractivity contribution in [3.63, 3.8) is 0 Å². The number of carbonyl (C=O) groups excluding carboxylic acids is 1. The van der Waals surface area contributed by atoms with Crippen molar-refractivity contribution in [3.8, 4) is 23.0 Å². The lowest BCUT2D eigenvalue weighted by Crippen LogP contribution is -2.44. The predicted octanol–water partition coefficient (Wildman–Crippen LogP) is 5.60. The SMILES string of the molecule is CN(C/C=C/C(=O)N1CCC[C@@H](Nc2n[nH]c3nccc(Oc4ccc(Oc5ccccc5)cc4)c23)C1)C1CC1. The van der Waals surface area contributed by atoms with Gasteiger partial charge in [0.15, 0.2) is 11.5 Å². The number of ether oxygens (including phenoxy) is 2. The van der Waals surface area contributed by atoms with Crippen molar-refractivity contribution in [1.29, 1.82) is 0 Å². The largest absolute Gasteiger partial charge is 0.457 e. The molecule has 1 amide bonds. The molecule has 1 atom stereocenters. The lowest BCUT2D eigenvalue weighted by molar-refractivity contribution is -0.127. The molecule has 3 heterocycles. The molecule has 206 valence electrons. The number of piperidine rings is 1. The molecular formula is C31H34N6O3. The maximum atomic E-state index is 12.8. The summed E-state index contributed by atoms with van der Waals surface area (Å²) in [6.07, 6.45) is 9.80. The van der Waals surface area contributed by atoms with Gasteiger partial charge < -0.3 is 19.7 Å². The van der Waals surface area contributed by atoms with Gasteiger partial charge in [0.05, 0.1) is 0 Å². The highest BCUT2D eigenvalue weighted by Gasteiger charge is 2.26. The van der Waals surface area contributed by atoms with Crippen molar-refractivity contribution < 1.29 is 14.3 Å². The van der Waals surface area contributed by atoms with E-state index in [2.05, 4.69) is 32.4 Å². The fourth-order valence-electron chi connectivity index (χ4n) is 5.02. The Labute approximate surface area is 233 Å². The Morgan fingerprint density at radius 3 is 2.58 bits per heavy atom. The minimum Gasteiger partial charge on any atom is -0.457 e. The van der Waals surface area contributed by atoms with Crippen LogP contribution in [0.3, 0.4) is 0 Å². The van der Waals surface area contributed by atoms with Crippen LogP contribution in [0.5, 0.6) is 23.0 Å². The van der Waals surface area contributed by atoms with Crippen LogP contribution in [0.1, 0.15) is 25.7 Å². The van der Waals surface area contributed by atoms with Gasteiger partial charge in [-0.15, -0.1) is 0 Å². The third-order valence-electron chi connectivity index (χ3n) is 7.35. The van der Waals surface area contributed by atoms with Gasteiger partial charge in [0, 0.05) is 50.1 Å². The third-order valence-corrected chi connectivity index (χ3v) is 7.35. The topological polar surface area (TPSA) is 95.6 Å². The zero-order valence-electron chi connectivity index (χ0n) is 22.6. The fourth-order valence-corrected chi connectivity index (χ4v) is 5.02. The molecule has 9 nitrogen and oxygen atoms in total. The van der Waals surface area contributed by atoms with E-state index in [1.807, 2.05) is 71.6 Å². The number of nitrogens with zero attached hydrogens (tertiary/aromatic N) is 4. The Balaban J connectivity index is 1.11. The first kappa shape index (κ1) is 25.9. The van der Waals surface area contributed by atoms with Crippen molar-refractivity contribution in [1.82, 2.24) is 25.0 Å². The molecule has 2 fully saturated rings. The molecule has 0 bridgehead atoms.